The second kappa shape index (κ2) is 6.35. The second-order valence-electron chi connectivity index (χ2n) is 3.68. The molecule has 0 aromatic heterocycles. The SMILES string of the molecule is BrC[C@H]1OC[C@@H](COCc2ccccc2)O1. The average molecular weight is 287 g/mol. The zero-order valence-electron chi connectivity index (χ0n) is 8.97. The summed E-state index contributed by atoms with van der Waals surface area (Å²) in [6.07, 6.45) is -0.0587. The lowest BCUT2D eigenvalue weighted by atomic mass is 10.2. The van der Waals surface area contributed by atoms with Crippen LogP contribution in [0.5, 0.6) is 0 Å². The molecule has 0 saturated carbocycles. The molecule has 0 aliphatic carbocycles. The molecule has 1 aliphatic rings. The van der Waals surface area contributed by atoms with E-state index in [0.29, 0.717) is 25.2 Å². The van der Waals surface area contributed by atoms with Crippen molar-refractivity contribution >= 4 is 15.9 Å². The van der Waals surface area contributed by atoms with Crippen molar-refractivity contribution in [1.29, 1.82) is 0 Å². The number of ether oxygens (including phenoxy) is 3. The fraction of sp³-hybridized carbons (Fsp3) is 0.500. The average Bonchev–Trinajstić information content (AvgIpc) is 2.78. The molecule has 2 atom stereocenters. The van der Waals surface area contributed by atoms with Gasteiger partial charge in [0.15, 0.2) is 6.29 Å². The van der Waals surface area contributed by atoms with E-state index in [1.807, 2.05) is 30.3 Å². The zero-order chi connectivity index (χ0) is 11.2. The van der Waals surface area contributed by atoms with Crippen LogP contribution in [-0.4, -0.2) is 30.9 Å². The van der Waals surface area contributed by atoms with Crippen molar-refractivity contribution in [2.24, 2.45) is 0 Å². The zero-order valence-corrected chi connectivity index (χ0v) is 10.6. The molecule has 0 bridgehead atoms. The Morgan fingerprint density at radius 3 is 2.81 bits per heavy atom. The molecule has 2 rings (SSSR count). The van der Waals surface area contributed by atoms with Crippen molar-refractivity contribution in [3.8, 4) is 0 Å². The molecule has 0 spiro atoms. The summed E-state index contributed by atoms with van der Waals surface area (Å²) in [5, 5.41) is 0.711. The van der Waals surface area contributed by atoms with Crippen LogP contribution < -0.4 is 0 Å². The van der Waals surface area contributed by atoms with Gasteiger partial charge in [0.2, 0.25) is 0 Å². The summed E-state index contributed by atoms with van der Waals surface area (Å²) in [5.74, 6) is 0. The quantitative estimate of drug-likeness (QED) is 0.778. The van der Waals surface area contributed by atoms with Crippen LogP contribution in [0.4, 0.5) is 0 Å². The highest BCUT2D eigenvalue weighted by molar-refractivity contribution is 9.09. The number of benzene rings is 1. The highest BCUT2D eigenvalue weighted by atomic mass is 79.9. The van der Waals surface area contributed by atoms with Gasteiger partial charge in [-0.2, -0.15) is 0 Å². The Hall–Kier alpha value is -0.420. The molecule has 1 heterocycles. The summed E-state index contributed by atoms with van der Waals surface area (Å²) in [5.41, 5.74) is 1.18. The fourth-order valence-electron chi connectivity index (χ4n) is 1.56. The minimum absolute atomic E-state index is 0.0614. The Morgan fingerprint density at radius 2 is 2.12 bits per heavy atom. The third kappa shape index (κ3) is 3.56. The van der Waals surface area contributed by atoms with E-state index in [1.165, 1.54) is 5.56 Å². The van der Waals surface area contributed by atoms with Crippen LogP contribution in [0.15, 0.2) is 30.3 Å². The first kappa shape index (κ1) is 12.0. The van der Waals surface area contributed by atoms with Gasteiger partial charge in [-0.3, -0.25) is 0 Å². The van der Waals surface area contributed by atoms with Crippen LogP contribution in [0.25, 0.3) is 0 Å². The van der Waals surface area contributed by atoms with Gasteiger partial charge in [0.25, 0.3) is 0 Å². The van der Waals surface area contributed by atoms with E-state index in [9.17, 15) is 0 Å². The predicted octanol–water partition coefficient (Wildman–Crippen LogP) is 2.34. The molecule has 16 heavy (non-hydrogen) atoms. The van der Waals surface area contributed by atoms with Gasteiger partial charge in [-0.15, -0.1) is 0 Å². The molecule has 0 N–H and O–H groups in total. The largest absolute Gasteiger partial charge is 0.374 e. The lowest BCUT2D eigenvalue weighted by molar-refractivity contribution is -0.0560. The Kier molecular flexibility index (Phi) is 4.78. The molecule has 1 aliphatic heterocycles. The highest BCUT2D eigenvalue weighted by Crippen LogP contribution is 2.14. The molecule has 1 fully saturated rings. The van der Waals surface area contributed by atoms with Gasteiger partial charge in [0, 0.05) is 0 Å². The number of hydrogen-bond acceptors (Lipinski definition) is 3. The Bertz CT molecular complexity index is 304. The van der Waals surface area contributed by atoms with E-state index in [2.05, 4.69) is 15.9 Å². The maximum absolute atomic E-state index is 5.58. The first-order valence-electron chi connectivity index (χ1n) is 5.33. The molecule has 88 valence electrons. The van der Waals surface area contributed by atoms with Gasteiger partial charge < -0.3 is 14.2 Å². The smallest absolute Gasteiger partial charge is 0.167 e. The van der Waals surface area contributed by atoms with Crippen molar-refractivity contribution in [1.82, 2.24) is 0 Å². The second-order valence-corrected chi connectivity index (χ2v) is 4.32. The summed E-state index contributed by atoms with van der Waals surface area (Å²) in [6.45, 7) is 1.82. The van der Waals surface area contributed by atoms with Crippen molar-refractivity contribution in [3.05, 3.63) is 35.9 Å². The van der Waals surface area contributed by atoms with Gasteiger partial charge in [0.1, 0.15) is 6.10 Å². The molecule has 1 aromatic carbocycles. The molecule has 0 unspecified atom stereocenters. The molecular formula is C12H15BrO3. The molecule has 3 nitrogen and oxygen atoms in total. The van der Waals surface area contributed by atoms with Crippen LogP contribution in [-0.2, 0) is 20.8 Å². The summed E-state index contributed by atoms with van der Waals surface area (Å²) in [4.78, 5) is 0. The van der Waals surface area contributed by atoms with Crippen LogP contribution >= 0.6 is 15.9 Å². The highest BCUT2D eigenvalue weighted by Gasteiger charge is 2.24. The van der Waals surface area contributed by atoms with Crippen LogP contribution in [0, 0.1) is 0 Å². The van der Waals surface area contributed by atoms with Crippen molar-refractivity contribution in [2.75, 3.05) is 18.5 Å². The molecular weight excluding hydrogens is 272 g/mol. The third-order valence-corrected chi connectivity index (χ3v) is 2.88. The molecule has 0 amide bonds. The standard InChI is InChI=1S/C12H15BrO3/c13-6-12-15-9-11(16-12)8-14-7-10-4-2-1-3-5-10/h1-5,11-12H,6-9H2/t11-,12+/m1/s1. The number of halogens is 1. The topological polar surface area (TPSA) is 27.7 Å². The maximum atomic E-state index is 5.58. The number of rotatable bonds is 5. The molecule has 4 heteroatoms. The van der Waals surface area contributed by atoms with Crippen LogP contribution in [0.2, 0.25) is 0 Å². The lowest BCUT2D eigenvalue weighted by Gasteiger charge is -2.10. The van der Waals surface area contributed by atoms with Gasteiger partial charge in [-0.1, -0.05) is 46.3 Å². The van der Waals surface area contributed by atoms with E-state index in [0.717, 1.165) is 0 Å². The summed E-state index contributed by atoms with van der Waals surface area (Å²) >= 11 is 3.32. The van der Waals surface area contributed by atoms with Crippen molar-refractivity contribution in [2.45, 2.75) is 19.0 Å². The van der Waals surface area contributed by atoms with Crippen LogP contribution in [0.1, 0.15) is 5.56 Å². The van der Waals surface area contributed by atoms with E-state index < -0.39 is 0 Å². The summed E-state index contributed by atoms with van der Waals surface area (Å²) in [6, 6.07) is 10.1. The molecule has 0 radical (unpaired) electrons. The van der Waals surface area contributed by atoms with E-state index >= 15 is 0 Å². The van der Waals surface area contributed by atoms with Crippen molar-refractivity contribution < 1.29 is 14.2 Å². The third-order valence-electron chi connectivity index (χ3n) is 2.35. The normalized spacial score (nSPS) is 24.8. The molecule has 1 aromatic rings. The number of alkyl halides is 1. The lowest BCUT2D eigenvalue weighted by Crippen LogP contribution is -2.19. The Morgan fingerprint density at radius 1 is 1.31 bits per heavy atom. The van der Waals surface area contributed by atoms with Gasteiger partial charge in [-0.05, 0) is 5.56 Å². The minimum atomic E-state index is -0.120. The van der Waals surface area contributed by atoms with E-state index in [1.54, 1.807) is 0 Å². The van der Waals surface area contributed by atoms with E-state index in [4.69, 9.17) is 14.2 Å². The summed E-state index contributed by atoms with van der Waals surface area (Å²) < 4.78 is 16.5. The van der Waals surface area contributed by atoms with Gasteiger partial charge >= 0.3 is 0 Å². The van der Waals surface area contributed by atoms with Crippen LogP contribution in [0.3, 0.4) is 0 Å². The first-order valence-corrected chi connectivity index (χ1v) is 6.45. The monoisotopic (exact) mass is 286 g/mol. The van der Waals surface area contributed by atoms with Gasteiger partial charge in [-0.25, -0.2) is 0 Å². The van der Waals surface area contributed by atoms with Crippen molar-refractivity contribution in [3.63, 3.8) is 0 Å². The number of hydrogen-bond donors (Lipinski definition) is 0. The Balaban J connectivity index is 1.65. The fourth-order valence-corrected chi connectivity index (χ4v) is 1.90. The van der Waals surface area contributed by atoms with Gasteiger partial charge in [0.05, 0.1) is 25.2 Å². The molecule has 1 saturated heterocycles. The minimum Gasteiger partial charge on any atom is -0.374 e. The predicted molar refractivity (Wildman–Crippen MR) is 64.5 cm³/mol. The Labute approximate surface area is 104 Å². The first-order chi connectivity index (χ1) is 7.88. The summed E-state index contributed by atoms with van der Waals surface area (Å²) in [7, 11) is 0. The maximum Gasteiger partial charge on any atom is 0.167 e. The van der Waals surface area contributed by atoms with E-state index in [-0.39, 0.29) is 12.4 Å².